The van der Waals surface area contributed by atoms with Gasteiger partial charge in [-0.25, -0.2) is 4.79 Å². The van der Waals surface area contributed by atoms with Crippen LogP contribution in [0.15, 0.2) is 24.3 Å². The van der Waals surface area contributed by atoms with E-state index in [2.05, 4.69) is 4.84 Å². The Kier molecular flexibility index (Phi) is 6.54. The van der Waals surface area contributed by atoms with Gasteiger partial charge in [0, 0.05) is 18.7 Å². The SMILES string of the molecule is O=C(COCCCO[N+](=O)[O-])Oc1ccc([N+](=O)[O-])cc1. The second kappa shape index (κ2) is 8.43. The van der Waals surface area contributed by atoms with Crippen LogP contribution >= 0.6 is 0 Å². The lowest BCUT2D eigenvalue weighted by Crippen LogP contribution is -2.16. The first-order valence-electron chi connectivity index (χ1n) is 5.79. The van der Waals surface area contributed by atoms with Gasteiger partial charge in [-0.3, -0.25) is 10.1 Å². The van der Waals surface area contributed by atoms with Crippen LogP contribution in [0.1, 0.15) is 6.42 Å². The summed E-state index contributed by atoms with van der Waals surface area (Å²) in [6.45, 7) is -0.358. The lowest BCUT2D eigenvalue weighted by atomic mass is 10.3. The van der Waals surface area contributed by atoms with E-state index in [1.165, 1.54) is 24.3 Å². The van der Waals surface area contributed by atoms with E-state index in [4.69, 9.17) is 9.47 Å². The van der Waals surface area contributed by atoms with Crippen molar-refractivity contribution in [3.63, 3.8) is 0 Å². The van der Waals surface area contributed by atoms with Crippen LogP contribution in [0, 0.1) is 20.2 Å². The molecule has 10 nitrogen and oxygen atoms in total. The Morgan fingerprint density at radius 2 is 1.76 bits per heavy atom. The van der Waals surface area contributed by atoms with E-state index in [0.717, 1.165) is 0 Å². The number of esters is 1. The molecule has 0 aliphatic heterocycles. The molecule has 0 saturated heterocycles. The van der Waals surface area contributed by atoms with Gasteiger partial charge in [0.15, 0.2) is 0 Å². The van der Waals surface area contributed by atoms with Gasteiger partial charge in [0.25, 0.3) is 10.8 Å². The van der Waals surface area contributed by atoms with Crippen molar-refractivity contribution in [1.82, 2.24) is 0 Å². The first-order valence-corrected chi connectivity index (χ1v) is 5.79. The molecule has 0 atom stereocenters. The molecule has 0 unspecified atom stereocenters. The molecule has 1 aromatic rings. The maximum atomic E-state index is 11.4. The predicted octanol–water partition coefficient (Wildman–Crippen LogP) is 1.12. The smallest absolute Gasteiger partial charge is 0.337 e. The molecule has 21 heavy (non-hydrogen) atoms. The third kappa shape index (κ3) is 6.82. The van der Waals surface area contributed by atoms with E-state index < -0.39 is 16.0 Å². The molecule has 0 spiro atoms. The summed E-state index contributed by atoms with van der Waals surface area (Å²) in [7, 11) is 0. The van der Waals surface area contributed by atoms with E-state index in [-0.39, 0.29) is 37.7 Å². The molecule has 114 valence electrons. The molecule has 0 aromatic heterocycles. The molecule has 0 amide bonds. The van der Waals surface area contributed by atoms with Crippen molar-refractivity contribution in [2.75, 3.05) is 19.8 Å². The summed E-state index contributed by atoms with van der Waals surface area (Å²) in [6.07, 6.45) is 0.256. The van der Waals surface area contributed by atoms with Crippen molar-refractivity contribution in [3.05, 3.63) is 44.5 Å². The van der Waals surface area contributed by atoms with Gasteiger partial charge in [-0.1, -0.05) is 0 Å². The molecule has 1 rings (SSSR count). The summed E-state index contributed by atoms with van der Waals surface area (Å²) in [6, 6.07) is 5.00. The van der Waals surface area contributed by atoms with Gasteiger partial charge in [-0.2, -0.15) is 0 Å². The highest BCUT2D eigenvalue weighted by molar-refractivity contribution is 5.73. The van der Waals surface area contributed by atoms with Crippen LogP contribution in [0.25, 0.3) is 0 Å². The number of nitrogens with zero attached hydrogens (tertiary/aromatic N) is 2. The molecular weight excluding hydrogens is 288 g/mol. The van der Waals surface area contributed by atoms with E-state index >= 15 is 0 Å². The number of non-ortho nitro benzene ring substituents is 1. The summed E-state index contributed by atoms with van der Waals surface area (Å²) < 4.78 is 9.79. The normalized spacial score (nSPS) is 9.90. The Morgan fingerprint density at radius 1 is 1.10 bits per heavy atom. The van der Waals surface area contributed by atoms with Crippen LogP contribution in [-0.4, -0.2) is 35.8 Å². The number of ether oxygens (including phenoxy) is 2. The van der Waals surface area contributed by atoms with E-state index in [0.29, 0.717) is 0 Å². The first-order chi connectivity index (χ1) is 9.99. The average molecular weight is 300 g/mol. The molecule has 0 fully saturated rings. The third-order valence-corrected chi connectivity index (χ3v) is 2.13. The zero-order valence-corrected chi connectivity index (χ0v) is 10.8. The van der Waals surface area contributed by atoms with Crippen molar-refractivity contribution in [2.24, 2.45) is 0 Å². The van der Waals surface area contributed by atoms with Gasteiger partial charge in [0.1, 0.15) is 12.4 Å². The average Bonchev–Trinajstić information content (AvgIpc) is 2.43. The molecule has 0 aliphatic rings. The van der Waals surface area contributed by atoms with Crippen molar-refractivity contribution in [2.45, 2.75) is 6.42 Å². The zero-order chi connectivity index (χ0) is 15.7. The van der Waals surface area contributed by atoms with E-state index in [9.17, 15) is 25.0 Å². The fraction of sp³-hybridized carbons (Fsp3) is 0.364. The van der Waals surface area contributed by atoms with Crippen molar-refractivity contribution in [1.29, 1.82) is 0 Å². The second-order valence-corrected chi connectivity index (χ2v) is 3.69. The monoisotopic (exact) mass is 300 g/mol. The van der Waals surface area contributed by atoms with Crippen LogP contribution in [0.4, 0.5) is 5.69 Å². The van der Waals surface area contributed by atoms with Crippen LogP contribution < -0.4 is 4.74 Å². The molecule has 0 bridgehead atoms. The largest absolute Gasteiger partial charge is 0.425 e. The number of nitro groups is 1. The number of hydrogen-bond donors (Lipinski definition) is 0. The number of carbonyl (C=O) groups excluding carboxylic acids is 1. The third-order valence-electron chi connectivity index (χ3n) is 2.13. The van der Waals surface area contributed by atoms with E-state index in [1.54, 1.807) is 0 Å². The number of benzene rings is 1. The fourth-order valence-corrected chi connectivity index (χ4v) is 1.25. The fourth-order valence-electron chi connectivity index (χ4n) is 1.25. The molecule has 0 aliphatic carbocycles. The van der Waals surface area contributed by atoms with Gasteiger partial charge in [-0.05, 0) is 18.6 Å². The minimum absolute atomic E-state index is 0.100. The molecule has 0 heterocycles. The Morgan fingerprint density at radius 3 is 2.33 bits per heavy atom. The quantitative estimate of drug-likeness (QED) is 0.218. The van der Waals surface area contributed by atoms with Gasteiger partial charge >= 0.3 is 5.97 Å². The van der Waals surface area contributed by atoms with Crippen molar-refractivity contribution in [3.8, 4) is 5.75 Å². The molecule has 10 heteroatoms. The van der Waals surface area contributed by atoms with E-state index in [1.807, 2.05) is 0 Å². The maximum Gasteiger partial charge on any atom is 0.337 e. The molecule has 0 N–H and O–H groups in total. The van der Waals surface area contributed by atoms with Gasteiger partial charge in [0.05, 0.1) is 11.5 Å². The lowest BCUT2D eigenvalue weighted by molar-refractivity contribution is -0.757. The Hall–Kier alpha value is -2.75. The second-order valence-electron chi connectivity index (χ2n) is 3.69. The highest BCUT2D eigenvalue weighted by atomic mass is 16.9. The van der Waals surface area contributed by atoms with Crippen LogP contribution in [-0.2, 0) is 14.4 Å². The Balaban J connectivity index is 2.21. The van der Waals surface area contributed by atoms with Crippen molar-refractivity contribution < 1.29 is 29.1 Å². The summed E-state index contributed by atoms with van der Waals surface area (Å²) in [4.78, 5) is 35.1. The minimum Gasteiger partial charge on any atom is -0.425 e. The number of nitro benzene ring substituents is 1. The number of carbonyl (C=O) groups is 1. The highest BCUT2D eigenvalue weighted by Gasteiger charge is 2.08. The molecule has 0 saturated carbocycles. The molecule has 0 radical (unpaired) electrons. The number of hydrogen-bond acceptors (Lipinski definition) is 8. The van der Waals surface area contributed by atoms with Crippen molar-refractivity contribution >= 4 is 11.7 Å². The minimum atomic E-state index is -0.914. The Labute approximate surface area is 118 Å². The maximum absolute atomic E-state index is 11.4. The van der Waals surface area contributed by atoms with Crippen LogP contribution in [0.3, 0.4) is 0 Å². The summed E-state index contributed by atoms with van der Waals surface area (Å²) in [5, 5.41) is 19.4. The van der Waals surface area contributed by atoms with Crippen LogP contribution in [0.2, 0.25) is 0 Å². The van der Waals surface area contributed by atoms with Crippen LogP contribution in [0.5, 0.6) is 5.75 Å². The number of rotatable bonds is 9. The van der Waals surface area contributed by atoms with Gasteiger partial charge in [0.2, 0.25) is 0 Å². The summed E-state index contributed by atoms with van der Waals surface area (Å²) in [5.41, 5.74) is -0.114. The highest BCUT2D eigenvalue weighted by Crippen LogP contribution is 2.17. The summed E-state index contributed by atoms with van der Waals surface area (Å²) >= 11 is 0. The molecule has 1 aromatic carbocycles. The first kappa shape index (κ1) is 16.3. The predicted molar refractivity (Wildman–Crippen MR) is 67.1 cm³/mol. The Bertz CT molecular complexity index is 501. The topological polar surface area (TPSA) is 131 Å². The molecular formula is C11H12N2O8. The van der Waals surface area contributed by atoms with Gasteiger partial charge < -0.3 is 14.3 Å². The standard InChI is InChI=1S/C11H12N2O8/c14-11(8-19-6-1-7-20-13(17)18)21-10-4-2-9(3-5-10)12(15)16/h2-5H,1,6-8H2. The summed E-state index contributed by atoms with van der Waals surface area (Å²) in [5.74, 6) is -0.523. The van der Waals surface area contributed by atoms with Gasteiger partial charge in [-0.15, -0.1) is 10.1 Å². The zero-order valence-electron chi connectivity index (χ0n) is 10.8. The lowest BCUT2D eigenvalue weighted by Gasteiger charge is -2.05.